The first-order valence-electron chi connectivity index (χ1n) is 4.43. The van der Waals surface area contributed by atoms with E-state index in [0.717, 1.165) is 12.8 Å². The van der Waals surface area contributed by atoms with Gasteiger partial charge in [0.1, 0.15) is 0 Å². The van der Waals surface area contributed by atoms with Crippen LogP contribution in [0.15, 0.2) is 4.42 Å². The van der Waals surface area contributed by atoms with Crippen LogP contribution in [0, 0.1) is 0 Å². The van der Waals surface area contributed by atoms with E-state index in [-0.39, 0.29) is 11.8 Å². The SMILES string of the molecule is CCc1nnc(C(=O)NC2CC2)o1. The number of hydrogen-bond acceptors (Lipinski definition) is 4. The van der Waals surface area contributed by atoms with Crippen LogP contribution in [0.3, 0.4) is 0 Å². The summed E-state index contributed by atoms with van der Waals surface area (Å²) in [5, 5.41) is 10.1. The van der Waals surface area contributed by atoms with Gasteiger partial charge in [-0.25, -0.2) is 0 Å². The molecule has 1 amide bonds. The third-order valence-corrected chi connectivity index (χ3v) is 1.88. The summed E-state index contributed by atoms with van der Waals surface area (Å²) in [6, 6.07) is 0.324. The standard InChI is InChI=1S/C8H11N3O2/c1-2-6-10-11-8(13-6)7(12)9-5-3-4-5/h5H,2-4H2,1H3,(H,9,12). The molecule has 2 rings (SSSR count). The number of aryl methyl sites for hydroxylation is 1. The zero-order chi connectivity index (χ0) is 9.26. The van der Waals surface area contributed by atoms with E-state index in [1.54, 1.807) is 0 Å². The van der Waals surface area contributed by atoms with Gasteiger partial charge in [0.25, 0.3) is 0 Å². The molecule has 5 heteroatoms. The van der Waals surface area contributed by atoms with Gasteiger partial charge in [-0.2, -0.15) is 0 Å². The van der Waals surface area contributed by atoms with Gasteiger partial charge in [0.15, 0.2) is 0 Å². The van der Waals surface area contributed by atoms with Crippen molar-refractivity contribution in [2.45, 2.75) is 32.2 Å². The van der Waals surface area contributed by atoms with Crippen molar-refractivity contribution in [3.05, 3.63) is 11.8 Å². The van der Waals surface area contributed by atoms with Crippen LogP contribution in [-0.4, -0.2) is 22.1 Å². The average molecular weight is 181 g/mol. The second-order valence-electron chi connectivity index (χ2n) is 3.10. The van der Waals surface area contributed by atoms with Gasteiger partial charge in [-0.1, -0.05) is 6.92 Å². The lowest BCUT2D eigenvalue weighted by atomic mass is 10.5. The minimum absolute atomic E-state index is 0.0729. The molecule has 1 aromatic heterocycles. The monoisotopic (exact) mass is 181 g/mol. The number of hydrogen-bond donors (Lipinski definition) is 1. The molecule has 1 fully saturated rings. The number of carbonyl (C=O) groups excluding carboxylic acids is 1. The lowest BCUT2D eigenvalue weighted by Gasteiger charge is -1.95. The average Bonchev–Trinajstić information content (AvgIpc) is 2.82. The van der Waals surface area contributed by atoms with Crippen molar-refractivity contribution in [3.63, 3.8) is 0 Å². The molecule has 0 unspecified atom stereocenters. The molecular formula is C8H11N3O2. The molecule has 0 radical (unpaired) electrons. The molecule has 0 aliphatic heterocycles. The highest BCUT2D eigenvalue weighted by Crippen LogP contribution is 2.19. The van der Waals surface area contributed by atoms with Crippen LogP contribution >= 0.6 is 0 Å². The predicted octanol–water partition coefficient (Wildman–Crippen LogP) is 0.524. The lowest BCUT2D eigenvalue weighted by Crippen LogP contribution is -2.25. The first-order valence-corrected chi connectivity index (χ1v) is 4.43. The van der Waals surface area contributed by atoms with Crippen LogP contribution < -0.4 is 5.32 Å². The largest absolute Gasteiger partial charge is 0.417 e. The summed E-state index contributed by atoms with van der Waals surface area (Å²) < 4.78 is 5.09. The van der Waals surface area contributed by atoms with Crippen molar-refractivity contribution in [3.8, 4) is 0 Å². The maximum atomic E-state index is 11.3. The van der Waals surface area contributed by atoms with E-state index in [9.17, 15) is 4.79 Å². The molecule has 1 heterocycles. The van der Waals surface area contributed by atoms with Crippen molar-refractivity contribution in [1.29, 1.82) is 0 Å². The molecule has 70 valence electrons. The molecule has 13 heavy (non-hydrogen) atoms. The van der Waals surface area contributed by atoms with E-state index < -0.39 is 0 Å². The Hall–Kier alpha value is -1.39. The third kappa shape index (κ3) is 1.85. The lowest BCUT2D eigenvalue weighted by molar-refractivity contribution is 0.0914. The third-order valence-electron chi connectivity index (χ3n) is 1.88. The van der Waals surface area contributed by atoms with Crippen molar-refractivity contribution >= 4 is 5.91 Å². The van der Waals surface area contributed by atoms with Crippen LogP contribution in [0.2, 0.25) is 0 Å². The van der Waals surface area contributed by atoms with Crippen LogP contribution in [0.25, 0.3) is 0 Å². The van der Waals surface area contributed by atoms with E-state index in [2.05, 4.69) is 15.5 Å². The van der Waals surface area contributed by atoms with E-state index in [0.29, 0.717) is 18.4 Å². The summed E-state index contributed by atoms with van der Waals surface area (Å²) in [6.45, 7) is 1.90. The Labute approximate surface area is 75.5 Å². The molecule has 0 saturated heterocycles. The topological polar surface area (TPSA) is 68.0 Å². The Bertz CT molecular complexity index is 317. The number of nitrogens with zero attached hydrogens (tertiary/aromatic N) is 2. The van der Waals surface area contributed by atoms with Crippen molar-refractivity contribution in [1.82, 2.24) is 15.5 Å². The van der Waals surface area contributed by atoms with Crippen molar-refractivity contribution < 1.29 is 9.21 Å². The summed E-state index contributed by atoms with van der Waals surface area (Å²) in [5.74, 6) is 0.319. The molecule has 0 atom stereocenters. The number of nitrogens with one attached hydrogen (secondary N) is 1. The fourth-order valence-corrected chi connectivity index (χ4v) is 0.963. The minimum atomic E-state index is -0.255. The summed E-state index contributed by atoms with van der Waals surface area (Å²) in [5.41, 5.74) is 0. The zero-order valence-corrected chi connectivity index (χ0v) is 7.41. The Morgan fingerprint density at radius 2 is 2.38 bits per heavy atom. The van der Waals surface area contributed by atoms with Gasteiger partial charge in [-0.15, -0.1) is 10.2 Å². The van der Waals surface area contributed by atoms with Gasteiger partial charge in [0.2, 0.25) is 5.89 Å². The summed E-state index contributed by atoms with van der Waals surface area (Å²) in [4.78, 5) is 11.3. The van der Waals surface area contributed by atoms with Gasteiger partial charge in [-0.05, 0) is 12.8 Å². The summed E-state index contributed by atoms with van der Waals surface area (Å²) in [7, 11) is 0. The number of aromatic nitrogens is 2. The molecule has 1 aromatic rings. The fraction of sp³-hybridized carbons (Fsp3) is 0.625. The molecule has 0 aromatic carbocycles. The van der Waals surface area contributed by atoms with E-state index >= 15 is 0 Å². The van der Waals surface area contributed by atoms with Crippen LogP contribution in [0.4, 0.5) is 0 Å². The van der Waals surface area contributed by atoms with Gasteiger partial charge in [0, 0.05) is 12.5 Å². The van der Waals surface area contributed by atoms with Crippen molar-refractivity contribution in [2.75, 3.05) is 0 Å². The summed E-state index contributed by atoms with van der Waals surface area (Å²) >= 11 is 0. The molecule has 1 saturated carbocycles. The predicted molar refractivity (Wildman–Crippen MR) is 44.2 cm³/mol. The van der Waals surface area contributed by atoms with Crippen LogP contribution in [-0.2, 0) is 6.42 Å². The highest BCUT2D eigenvalue weighted by Gasteiger charge is 2.26. The van der Waals surface area contributed by atoms with E-state index in [4.69, 9.17) is 4.42 Å². The minimum Gasteiger partial charge on any atom is -0.417 e. The van der Waals surface area contributed by atoms with Crippen LogP contribution in [0.1, 0.15) is 36.3 Å². The fourth-order valence-electron chi connectivity index (χ4n) is 0.963. The Kier molecular flexibility index (Phi) is 2.00. The van der Waals surface area contributed by atoms with Gasteiger partial charge in [0.05, 0.1) is 0 Å². The first-order chi connectivity index (χ1) is 6.29. The Morgan fingerprint density at radius 3 is 2.92 bits per heavy atom. The number of carbonyl (C=O) groups is 1. The zero-order valence-electron chi connectivity index (χ0n) is 7.41. The van der Waals surface area contributed by atoms with Gasteiger partial charge in [-0.3, -0.25) is 4.79 Å². The van der Waals surface area contributed by atoms with Crippen LogP contribution in [0.5, 0.6) is 0 Å². The number of rotatable bonds is 3. The van der Waals surface area contributed by atoms with Gasteiger partial charge < -0.3 is 9.73 Å². The Balaban J connectivity index is 2.01. The maximum absolute atomic E-state index is 11.3. The molecular weight excluding hydrogens is 170 g/mol. The number of amides is 1. The summed E-state index contributed by atoms with van der Waals surface area (Å²) in [6.07, 6.45) is 2.77. The molecule has 1 aliphatic rings. The molecule has 1 N–H and O–H groups in total. The quantitative estimate of drug-likeness (QED) is 0.738. The second-order valence-corrected chi connectivity index (χ2v) is 3.10. The molecule has 0 bridgehead atoms. The van der Waals surface area contributed by atoms with E-state index in [1.165, 1.54) is 0 Å². The van der Waals surface area contributed by atoms with E-state index in [1.807, 2.05) is 6.92 Å². The highest BCUT2D eigenvalue weighted by molar-refractivity contribution is 5.89. The molecule has 0 spiro atoms. The molecule has 1 aliphatic carbocycles. The van der Waals surface area contributed by atoms with Gasteiger partial charge >= 0.3 is 11.8 Å². The molecule has 5 nitrogen and oxygen atoms in total. The smallest absolute Gasteiger partial charge is 0.309 e. The highest BCUT2D eigenvalue weighted by atomic mass is 16.4. The first kappa shape index (κ1) is 8.22. The normalized spacial score (nSPS) is 15.8. The maximum Gasteiger partial charge on any atom is 0.309 e. The second kappa shape index (κ2) is 3.16. The van der Waals surface area contributed by atoms with Crippen molar-refractivity contribution in [2.24, 2.45) is 0 Å². The Morgan fingerprint density at radius 1 is 1.62 bits per heavy atom.